The van der Waals surface area contributed by atoms with Crippen LogP contribution in [0, 0.1) is 6.92 Å². The molecule has 2 aromatic heterocycles. The second kappa shape index (κ2) is 7.40. The molecule has 0 spiro atoms. The summed E-state index contributed by atoms with van der Waals surface area (Å²) in [6.45, 7) is 1.87. The summed E-state index contributed by atoms with van der Waals surface area (Å²) in [6.07, 6.45) is -2.39. The average molecular weight is 395 g/mol. The zero-order valence-corrected chi connectivity index (χ0v) is 14.8. The predicted molar refractivity (Wildman–Crippen MR) is 93.7 cm³/mol. The maximum atomic E-state index is 12.6. The number of alkyl halides is 3. The van der Waals surface area contributed by atoms with Crippen LogP contribution in [0.25, 0.3) is 5.82 Å². The quantitative estimate of drug-likeness (QED) is 0.722. The van der Waals surface area contributed by atoms with Crippen LogP contribution in [0.5, 0.6) is 0 Å². The fourth-order valence-corrected chi connectivity index (χ4v) is 2.66. The van der Waals surface area contributed by atoms with Crippen molar-refractivity contribution in [2.45, 2.75) is 19.6 Å². The highest BCUT2D eigenvalue weighted by Gasteiger charge is 2.30. The molecule has 0 saturated carbocycles. The molecule has 0 atom stereocenters. The number of hydrogen-bond donors (Lipinski definition) is 1. The molecule has 0 aliphatic rings. The Hall–Kier alpha value is -2.87. The van der Waals surface area contributed by atoms with Gasteiger partial charge in [0, 0.05) is 17.8 Å². The van der Waals surface area contributed by atoms with Crippen molar-refractivity contribution in [2.75, 3.05) is 0 Å². The zero-order valence-electron chi connectivity index (χ0n) is 14.1. The largest absolute Gasteiger partial charge is 0.417 e. The summed E-state index contributed by atoms with van der Waals surface area (Å²) in [5, 5.41) is 7.34. The summed E-state index contributed by atoms with van der Waals surface area (Å²) < 4.78 is 39.2. The number of benzene rings is 1. The minimum absolute atomic E-state index is 0.186. The van der Waals surface area contributed by atoms with Crippen molar-refractivity contribution in [3.8, 4) is 5.82 Å². The van der Waals surface area contributed by atoms with Crippen molar-refractivity contribution >= 4 is 17.5 Å². The first-order valence-corrected chi connectivity index (χ1v) is 8.25. The number of nitrogens with zero attached hydrogens (tertiary/aromatic N) is 3. The van der Waals surface area contributed by atoms with Crippen molar-refractivity contribution in [1.29, 1.82) is 0 Å². The van der Waals surface area contributed by atoms with Crippen LogP contribution in [-0.4, -0.2) is 20.7 Å². The summed E-state index contributed by atoms with van der Waals surface area (Å²) in [5.41, 5.74) is 0.665. The van der Waals surface area contributed by atoms with Crippen LogP contribution >= 0.6 is 11.6 Å². The first kappa shape index (κ1) is 18.9. The Bertz CT molecular complexity index is 967. The normalized spacial score (nSPS) is 11.4. The molecule has 0 unspecified atom stereocenters. The molecular formula is C18H14ClF3N4O. The van der Waals surface area contributed by atoms with Gasteiger partial charge >= 0.3 is 6.18 Å². The number of hydrogen-bond acceptors (Lipinski definition) is 3. The summed E-state index contributed by atoms with van der Waals surface area (Å²) >= 11 is 6.06. The van der Waals surface area contributed by atoms with Gasteiger partial charge in [0.25, 0.3) is 5.91 Å². The number of nitrogens with one attached hydrogen (secondary N) is 1. The molecular weight excluding hydrogens is 381 g/mol. The van der Waals surface area contributed by atoms with Crippen LogP contribution in [-0.2, 0) is 12.7 Å². The third-order valence-electron chi connectivity index (χ3n) is 3.94. The van der Waals surface area contributed by atoms with E-state index < -0.39 is 11.7 Å². The smallest absolute Gasteiger partial charge is 0.348 e. The Balaban J connectivity index is 1.76. The van der Waals surface area contributed by atoms with Gasteiger partial charge in [-0.15, -0.1) is 0 Å². The van der Waals surface area contributed by atoms with Gasteiger partial charge in [-0.3, -0.25) is 4.79 Å². The number of amides is 1. The van der Waals surface area contributed by atoms with Gasteiger partial charge < -0.3 is 5.32 Å². The third-order valence-corrected chi connectivity index (χ3v) is 4.31. The number of aromatic nitrogens is 3. The number of pyridine rings is 1. The van der Waals surface area contributed by atoms with Crippen molar-refractivity contribution < 1.29 is 18.0 Å². The Morgan fingerprint density at radius 1 is 1.19 bits per heavy atom. The van der Waals surface area contributed by atoms with E-state index in [9.17, 15) is 18.0 Å². The van der Waals surface area contributed by atoms with E-state index in [4.69, 9.17) is 11.6 Å². The van der Waals surface area contributed by atoms with Crippen LogP contribution in [0.3, 0.4) is 0 Å². The molecule has 1 amide bonds. The second-order valence-corrected chi connectivity index (χ2v) is 6.14. The van der Waals surface area contributed by atoms with Gasteiger partial charge in [-0.1, -0.05) is 29.8 Å². The Labute approximate surface area is 157 Å². The van der Waals surface area contributed by atoms with Crippen LogP contribution in [0.15, 0.2) is 48.8 Å². The number of halogens is 4. The fourth-order valence-electron chi connectivity index (χ4n) is 2.46. The van der Waals surface area contributed by atoms with E-state index in [1.165, 1.54) is 16.9 Å². The van der Waals surface area contributed by atoms with Gasteiger partial charge in [0.15, 0.2) is 5.82 Å². The Morgan fingerprint density at radius 2 is 1.93 bits per heavy atom. The van der Waals surface area contributed by atoms with Crippen LogP contribution in [0.1, 0.15) is 27.2 Å². The van der Waals surface area contributed by atoms with E-state index in [1.807, 2.05) is 6.07 Å². The molecule has 1 aromatic carbocycles. The number of rotatable bonds is 4. The summed E-state index contributed by atoms with van der Waals surface area (Å²) in [4.78, 5) is 16.2. The molecule has 0 radical (unpaired) electrons. The molecule has 1 N–H and O–H groups in total. The van der Waals surface area contributed by atoms with E-state index >= 15 is 0 Å². The minimum Gasteiger partial charge on any atom is -0.348 e. The lowest BCUT2D eigenvalue weighted by Crippen LogP contribution is -2.23. The van der Waals surface area contributed by atoms with E-state index in [2.05, 4.69) is 15.4 Å². The standard InChI is InChI=1S/C18H14ClF3N4O/c1-11-14(17(27)24-8-12-4-2-3-5-15(12)19)10-25-26(11)16-7-6-13(9-23-16)18(20,21)22/h2-7,9-10H,8H2,1H3,(H,24,27). The molecule has 0 bridgehead atoms. The lowest BCUT2D eigenvalue weighted by Gasteiger charge is -2.09. The van der Waals surface area contributed by atoms with Crippen LogP contribution in [0.2, 0.25) is 5.02 Å². The molecule has 9 heteroatoms. The van der Waals surface area contributed by atoms with Gasteiger partial charge in [0.05, 0.1) is 23.0 Å². The zero-order chi connectivity index (χ0) is 19.6. The van der Waals surface area contributed by atoms with Crippen molar-refractivity contribution in [1.82, 2.24) is 20.1 Å². The fraction of sp³-hybridized carbons (Fsp3) is 0.167. The number of carbonyl (C=O) groups excluding carboxylic acids is 1. The second-order valence-electron chi connectivity index (χ2n) is 5.73. The first-order chi connectivity index (χ1) is 12.8. The molecule has 2 heterocycles. The maximum Gasteiger partial charge on any atom is 0.417 e. The summed E-state index contributed by atoms with van der Waals surface area (Å²) in [6, 6.07) is 9.24. The topological polar surface area (TPSA) is 59.8 Å². The molecule has 0 saturated heterocycles. The average Bonchev–Trinajstić information content (AvgIpc) is 3.02. The van der Waals surface area contributed by atoms with E-state index in [0.717, 1.165) is 17.8 Å². The highest BCUT2D eigenvalue weighted by molar-refractivity contribution is 6.31. The first-order valence-electron chi connectivity index (χ1n) is 7.87. The highest BCUT2D eigenvalue weighted by atomic mass is 35.5. The van der Waals surface area contributed by atoms with E-state index in [-0.39, 0.29) is 18.3 Å². The van der Waals surface area contributed by atoms with Crippen LogP contribution in [0.4, 0.5) is 13.2 Å². The maximum absolute atomic E-state index is 12.6. The predicted octanol–water partition coefficient (Wildman–Crippen LogP) is 4.18. The molecule has 0 fully saturated rings. The number of carbonyl (C=O) groups is 1. The molecule has 27 heavy (non-hydrogen) atoms. The van der Waals surface area contributed by atoms with Gasteiger partial charge in [0.2, 0.25) is 0 Å². The minimum atomic E-state index is -4.46. The monoisotopic (exact) mass is 394 g/mol. The van der Waals surface area contributed by atoms with Crippen molar-refractivity contribution in [3.63, 3.8) is 0 Å². The molecule has 3 aromatic rings. The molecule has 140 valence electrons. The van der Waals surface area contributed by atoms with Gasteiger partial charge in [0.1, 0.15) is 0 Å². The summed E-state index contributed by atoms with van der Waals surface area (Å²) in [7, 11) is 0. The molecule has 0 aliphatic heterocycles. The lowest BCUT2D eigenvalue weighted by molar-refractivity contribution is -0.137. The highest BCUT2D eigenvalue weighted by Crippen LogP contribution is 2.28. The van der Waals surface area contributed by atoms with E-state index in [1.54, 1.807) is 25.1 Å². The van der Waals surface area contributed by atoms with E-state index in [0.29, 0.717) is 16.3 Å². The lowest BCUT2D eigenvalue weighted by atomic mass is 10.2. The Morgan fingerprint density at radius 3 is 2.56 bits per heavy atom. The molecule has 0 aliphatic carbocycles. The van der Waals surface area contributed by atoms with Gasteiger partial charge in [-0.25, -0.2) is 9.67 Å². The Kier molecular flexibility index (Phi) is 5.18. The third kappa shape index (κ3) is 4.11. The molecule has 5 nitrogen and oxygen atoms in total. The van der Waals surface area contributed by atoms with Gasteiger partial charge in [-0.2, -0.15) is 18.3 Å². The molecule has 3 rings (SSSR count). The SMILES string of the molecule is Cc1c(C(=O)NCc2ccccc2Cl)cnn1-c1ccc(C(F)(F)F)cn1. The van der Waals surface area contributed by atoms with Crippen LogP contribution < -0.4 is 5.32 Å². The summed E-state index contributed by atoms with van der Waals surface area (Å²) in [5.74, 6) is -0.184. The van der Waals surface area contributed by atoms with Crippen molar-refractivity contribution in [3.05, 3.63) is 76.2 Å². The van der Waals surface area contributed by atoms with Crippen molar-refractivity contribution in [2.24, 2.45) is 0 Å². The van der Waals surface area contributed by atoms with Gasteiger partial charge in [-0.05, 0) is 30.7 Å².